The van der Waals surface area contributed by atoms with Crippen LogP contribution in [0.25, 0.3) is 0 Å². The molecule has 1 N–H and O–H groups in total. The number of halogens is 3. The Hall–Kier alpha value is -2.00. The van der Waals surface area contributed by atoms with Gasteiger partial charge in [0.05, 0.1) is 11.9 Å². The quantitative estimate of drug-likeness (QED) is 0.488. The Morgan fingerprint density at radius 2 is 1.69 bits per heavy atom. The molecule has 11 heteroatoms. The summed E-state index contributed by atoms with van der Waals surface area (Å²) in [5.74, 6) is -0.974. The van der Waals surface area contributed by atoms with Gasteiger partial charge >= 0.3 is 0 Å². The third-order valence-corrected chi connectivity index (χ3v) is 7.33. The van der Waals surface area contributed by atoms with Crippen LogP contribution in [-0.2, 0) is 26.2 Å². The molecule has 0 fully saturated rings. The second-order valence-electron chi connectivity index (χ2n) is 9.33. The fourth-order valence-electron chi connectivity index (χ4n) is 3.35. The predicted octanol–water partition coefficient (Wildman–Crippen LogP) is 5.05. The zero-order chi connectivity index (χ0) is 26.7. The molecular formula is C24H30Cl3N3O4S. The van der Waals surface area contributed by atoms with E-state index in [1.54, 1.807) is 50.2 Å². The molecule has 2 rings (SSSR count). The van der Waals surface area contributed by atoms with Crippen molar-refractivity contribution >= 4 is 62.3 Å². The van der Waals surface area contributed by atoms with Crippen LogP contribution in [0, 0.1) is 6.92 Å². The van der Waals surface area contributed by atoms with Crippen molar-refractivity contribution in [3.05, 3.63) is 62.6 Å². The average molecular weight is 563 g/mol. The lowest BCUT2D eigenvalue weighted by molar-refractivity contribution is -0.140. The second-order valence-corrected chi connectivity index (χ2v) is 12.5. The summed E-state index contributed by atoms with van der Waals surface area (Å²) in [5, 5.41) is 3.98. The molecule has 2 amide bonds. The molecule has 1 atom stereocenters. The van der Waals surface area contributed by atoms with Crippen molar-refractivity contribution in [1.29, 1.82) is 0 Å². The molecule has 0 aliphatic carbocycles. The van der Waals surface area contributed by atoms with Crippen molar-refractivity contribution in [2.24, 2.45) is 0 Å². The lowest BCUT2D eigenvalue weighted by Gasteiger charge is -2.33. The molecular weight excluding hydrogens is 533 g/mol. The first kappa shape index (κ1) is 29.2. The van der Waals surface area contributed by atoms with Crippen LogP contribution in [0.3, 0.4) is 0 Å². The van der Waals surface area contributed by atoms with Gasteiger partial charge in [-0.1, -0.05) is 46.9 Å². The van der Waals surface area contributed by atoms with Crippen molar-refractivity contribution in [2.75, 3.05) is 17.1 Å². The maximum absolute atomic E-state index is 13.6. The van der Waals surface area contributed by atoms with Gasteiger partial charge in [-0.25, -0.2) is 8.42 Å². The molecule has 7 nitrogen and oxygen atoms in total. The number of hydrogen-bond acceptors (Lipinski definition) is 4. The van der Waals surface area contributed by atoms with Crippen LogP contribution in [0.15, 0.2) is 36.4 Å². The number of sulfonamides is 1. The predicted molar refractivity (Wildman–Crippen MR) is 143 cm³/mol. The molecule has 0 radical (unpaired) electrons. The topological polar surface area (TPSA) is 86.8 Å². The number of carbonyl (C=O) groups is 2. The van der Waals surface area contributed by atoms with E-state index in [2.05, 4.69) is 5.32 Å². The lowest BCUT2D eigenvalue weighted by Crippen LogP contribution is -2.54. The van der Waals surface area contributed by atoms with Crippen LogP contribution in [0.5, 0.6) is 0 Å². The van der Waals surface area contributed by atoms with Gasteiger partial charge in [0.2, 0.25) is 21.8 Å². The molecule has 35 heavy (non-hydrogen) atoms. The van der Waals surface area contributed by atoms with Crippen LogP contribution >= 0.6 is 34.8 Å². The Morgan fingerprint density at radius 3 is 2.23 bits per heavy atom. The number of amides is 2. The van der Waals surface area contributed by atoms with Gasteiger partial charge in [-0.2, -0.15) is 0 Å². The second kappa shape index (κ2) is 11.4. The summed E-state index contributed by atoms with van der Waals surface area (Å²) in [7, 11) is -3.86. The van der Waals surface area contributed by atoms with E-state index in [1.165, 1.54) is 4.90 Å². The summed E-state index contributed by atoms with van der Waals surface area (Å²) in [6.07, 6.45) is 1.01. The first-order valence-electron chi connectivity index (χ1n) is 10.8. The molecule has 0 heterocycles. The van der Waals surface area contributed by atoms with Crippen molar-refractivity contribution in [1.82, 2.24) is 10.2 Å². The molecule has 0 spiro atoms. The van der Waals surface area contributed by atoms with E-state index in [1.807, 2.05) is 20.8 Å². The van der Waals surface area contributed by atoms with Crippen LogP contribution in [-0.4, -0.2) is 49.5 Å². The Morgan fingerprint density at radius 1 is 1.06 bits per heavy atom. The van der Waals surface area contributed by atoms with Gasteiger partial charge in [-0.15, -0.1) is 0 Å². The fraction of sp³-hybridized carbons (Fsp3) is 0.417. The average Bonchev–Trinajstić information content (AvgIpc) is 2.71. The van der Waals surface area contributed by atoms with E-state index in [4.69, 9.17) is 34.8 Å². The molecule has 0 aliphatic rings. The molecule has 0 bridgehead atoms. The number of nitrogens with one attached hydrogen (secondary N) is 1. The third-order valence-electron chi connectivity index (χ3n) is 5.21. The highest BCUT2D eigenvalue weighted by Gasteiger charge is 2.32. The summed E-state index contributed by atoms with van der Waals surface area (Å²) in [6, 6.07) is 8.73. The summed E-state index contributed by atoms with van der Waals surface area (Å²) in [5.41, 5.74) is 0.821. The Kier molecular flexibility index (Phi) is 9.50. The number of anilines is 1. The van der Waals surface area contributed by atoms with E-state index in [0.717, 1.165) is 10.6 Å². The summed E-state index contributed by atoms with van der Waals surface area (Å²) < 4.78 is 26.4. The van der Waals surface area contributed by atoms with Crippen molar-refractivity contribution in [3.8, 4) is 0 Å². The minimum atomic E-state index is -3.86. The molecule has 0 aromatic heterocycles. The number of benzene rings is 2. The van der Waals surface area contributed by atoms with Gasteiger partial charge in [-0.05, 0) is 70.0 Å². The van der Waals surface area contributed by atoms with Crippen molar-refractivity contribution in [2.45, 2.75) is 52.7 Å². The largest absolute Gasteiger partial charge is 0.350 e. The highest BCUT2D eigenvalue weighted by molar-refractivity contribution is 7.92. The summed E-state index contributed by atoms with van der Waals surface area (Å²) in [4.78, 5) is 27.9. The monoisotopic (exact) mass is 561 g/mol. The normalized spacial score (nSPS) is 12.7. The van der Waals surface area contributed by atoms with E-state index >= 15 is 0 Å². The van der Waals surface area contributed by atoms with Gasteiger partial charge in [-0.3, -0.25) is 13.9 Å². The van der Waals surface area contributed by atoms with Crippen LogP contribution < -0.4 is 9.62 Å². The minimum absolute atomic E-state index is 0.0281. The van der Waals surface area contributed by atoms with E-state index in [0.29, 0.717) is 26.2 Å². The zero-order valence-corrected chi connectivity index (χ0v) is 23.6. The first-order valence-corrected chi connectivity index (χ1v) is 13.8. The lowest BCUT2D eigenvalue weighted by atomic mass is 10.1. The smallest absolute Gasteiger partial charge is 0.244 e. The molecule has 192 valence electrons. The molecule has 0 unspecified atom stereocenters. The minimum Gasteiger partial charge on any atom is -0.350 e. The van der Waals surface area contributed by atoms with Crippen molar-refractivity contribution < 1.29 is 18.0 Å². The maximum Gasteiger partial charge on any atom is 0.244 e. The van der Waals surface area contributed by atoms with Crippen LogP contribution in [0.2, 0.25) is 15.1 Å². The Bertz CT molecular complexity index is 1210. The summed E-state index contributed by atoms with van der Waals surface area (Å²) >= 11 is 18.5. The summed E-state index contributed by atoms with van der Waals surface area (Å²) in [6.45, 7) is 8.18. The Balaban J connectivity index is 2.49. The Labute approximate surface area is 222 Å². The van der Waals surface area contributed by atoms with Gasteiger partial charge in [0, 0.05) is 27.2 Å². The van der Waals surface area contributed by atoms with E-state index in [-0.39, 0.29) is 18.1 Å². The fourth-order valence-corrected chi connectivity index (χ4v) is 4.89. The van der Waals surface area contributed by atoms with Gasteiger partial charge in [0.25, 0.3) is 0 Å². The number of nitrogens with zero attached hydrogens (tertiary/aromatic N) is 2. The van der Waals surface area contributed by atoms with E-state index < -0.39 is 34.1 Å². The SMILES string of the molecule is Cc1c(Cl)cccc1N(CC(=O)N(Cc1ccc(Cl)cc1Cl)[C@H](C)C(=O)NC(C)(C)C)S(C)(=O)=O. The van der Waals surface area contributed by atoms with E-state index in [9.17, 15) is 18.0 Å². The standard InChI is InChI=1S/C24H30Cl3N3O4S/c1-15-19(26)8-7-9-21(15)30(35(6,33)34)14-22(31)29(16(2)23(32)28-24(3,4)5)13-17-10-11-18(25)12-20(17)27/h7-12,16H,13-14H2,1-6H3,(H,28,32)/t16-/m1/s1. The van der Waals surface area contributed by atoms with Gasteiger partial charge in [0.1, 0.15) is 12.6 Å². The number of hydrogen-bond donors (Lipinski definition) is 1. The van der Waals surface area contributed by atoms with Gasteiger partial charge < -0.3 is 10.2 Å². The first-order chi connectivity index (χ1) is 16.0. The highest BCUT2D eigenvalue weighted by Crippen LogP contribution is 2.29. The third kappa shape index (κ3) is 8.00. The van der Waals surface area contributed by atoms with Crippen molar-refractivity contribution in [3.63, 3.8) is 0 Å². The zero-order valence-electron chi connectivity index (χ0n) is 20.5. The molecule has 0 aliphatic heterocycles. The number of carbonyl (C=O) groups excluding carboxylic acids is 2. The van der Waals surface area contributed by atoms with Crippen LogP contribution in [0.4, 0.5) is 5.69 Å². The van der Waals surface area contributed by atoms with Gasteiger partial charge in [0.15, 0.2) is 0 Å². The van der Waals surface area contributed by atoms with Crippen LogP contribution in [0.1, 0.15) is 38.8 Å². The number of rotatable bonds is 8. The molecule has 0 saturated carbocycles. The highest BCUT2D eigenvalue weighted by atomic mass is 35.5. The molecule has 0 saturated heterocycles. The molecule has 2 aromatic carbocycles. The molecule has 2 aromatic rings. The maximum atomic E-state index is 13.6.